The van der Waals surface area contributed by atoms with Crippen LogP contribution in [0.25, 0.3) is 0 Å². The first-order valence-electron chi connectivity index (χ1n) is 3.97. The topological polar surface area (TPSA) is 0 Å². The minimum Gasteiger partial charge on any atom is -0.0738 e. The van der Waals surface area contributed by atoms with Crippen LogP contribution in [0.1, 0.15) is 33.1 Å². The Morgan fingerprint density at radius 1 is 1.44 bits per heavy atom. The third-order valence-corrected chi connectivity index (χ3v) is 3.05. The van der Waals surface area contributed by atoms with Gasteiger partial charge in [0.1, 0.15) is 0 Å². The molecule has 0 heterocycles. The molecule has 2 unspecified atom stereocenters. The Bertz CT molecular complexity index is 165. The minimum atomic E-state index is 1.01. The largest absolute Gasteiger partial charge is 0.0738 e. The standard InChI is InChI=1S/C9H14/c1-6-3-4-8-7(2)5-9(6)8/h7-8H,3-5H2,1-2H3. The first-order chi connectivity index (χ1) is 4.29. The highest BCUT2D eigenvalue weighted by molar-refractivity contribution is 5.28. The molecule has 0 aromatic carbocycles. The highest BCUT2D eigenvalue weighted by atomic mass is 14.4. The van der Waals surface area contributed by atoms with E-state index in [-0.39, 0.29) is 0 Å². The van der Waals surface area contributed by atoms with Crippen molar-refractivity contribution in [3.63, 3.8) is 0 Å². The van der Waals surface area contributed by atoms with Gasteiger partial charge in [-0.15, -0.1) is 0 Å². The molecule has 2 aliphatic carbocycles. The molecule has 0 aliphatic heterocycles. The monoisotopic (exact) mass is 122 g/mol. The molecule has 9 heavy (non-hydrogen) atoms. The van der Waals surface area contributed by atoms with Crippen LogP contribution >= 0.6 is 0 Å². The molecule has 0 N–H and O–H groups in total. The zero-order valence-corrected chi connectivity index (χ0v) is 6.28. The molecule has 0 heteroatoms. The van der Waals surface area contributed by atoms with Crippen LogP contribution in [-0.4, -0.2) is 0 Å². The van der Waals surface area contributed by atoms with Crippen LogP contribution in [0.4, 0.5) is 0 Å². The number of fused-ring (bicyclic) bond motifs is 1. The summed E-state index contributed by atoms with van der Waals surface area (Å²) in [6.45, 7) is 4.69. The fraction of sp³-hybridized carbons (Fsp3) is 0.778. The third kappa shape index (κ3) is 0.593. The van der Waals surface area contributed by atoms with Gasteiger partial charge in [-0.3, -0.25) is 0 Å². The average molecular weight is 122 g/mol. The van der Waals surface area contributed by atoms with Gasteiger partial charge in [0.15, 0.2) is 0 Å². The van der Waals surface area contributed by atoms with Gasteiger partial charge < -0.3 is 0 Å². The Morgan fingerprint density at radius 3 is 2.67 bits per heavy atom. The zero-order chi connectivity index (χ0) is 6.43. The molecule has 0 amide bonds. The minimum absolute atomic E-state index is 1.01. The second-order valence-electron chi connectivity index (χ2n) is 3.63. The summed E-state index contributed by atoms with van der Waals surface area (Å²) in [5, 5.41) is 0. The van der Waals surface area contributed by atoms with Crippen LogP contribution in [0, 0.1) is 11.8 Å². The van der Waals surface area contributed by atoms with Crippen molar-refractivity contribution in [2.75, 3.05) is 0 Å². The quantitative estimate of drug-likeness (QED) is 0.433. The molecule has 2 atom stereocenters. The number of allylic oxidation sites excluding steroid dienone is 2. The lowest BCUT2D eigenvalue weighted by molar-refractivity contribution is 0.305. The molecule has 0 radical (unpaired) electrons. The van der Waals surface area contributed by atoms with Crippen LogP contribution in [0.15, 0.2) is 11.1 Å². The van der Waals surface area contributed by atoms with Crippen LogP contribution in [0.5, 0.6) is 0 Å². The molecule has 2 aliphatic rings. The number of hydrogen-bond acceptors (Lipinski definition) is 0. The molecule has 0 aromatic heterocycles. The summed E-state index contributed by atoms with van der Waals surface area (Å²) in [6, 6.07) is 0. The van der Waals surface area contributed by atoms with Crippen molar-refractivity contribution < 1.29 is 0 Å². The Morgan fingerprint density at radius 2 is 2.22 bits per heavy atom. The lowest BCUT2D eigenvalue weighted by atomic mass is 9.71. The molecule has 1 fully saturated rings. The molecule has 1 saturated carbocycles. The first kappa shape index (κ1) is 5.52. The normalized spacial score (nSPS) is 40.7. The molecular formula is C9H14. The summed E-state index contributed by atoms with van der Waals surface area (Å²) in [7, 11) is 0. The smallest absolute Gasteiger partial charge is 0.0169 e. The van der Waals surface area contributed by atoms with E-state index in [1.807, 2.05) is 5.57 Å². The molecular weight excluding hydrogens is 108 g/mol. The lowest BCUT2D eigenvalue weighted by Gasteiger charge is -2.34. The highest BCUT2D eigenvalue weighted by Gasteiger charge is 2.36. The van der Waals surface area contributed by atoms with E-state index in [2.05, 4.69) is 13.8 Å². The fourth-order valence-electron chi connectivity index (χ4n) is 2.31. The van der Waals surface area contributed by atoms with E-state index in [1.54, 1.807) is 5.57 Å². The van der Waals surface area contributed by atoms with Gasteiger partial charge in [-0.25, -0.2) is 0 Å². The van der Waals surface area contributed by atoms with Crippen molar-refractivity contribution in [3.8, 4) is 0 Å². The van der Waals surface area contributed by atoms with Crippen LogP contribution in [0.3, 0.4) is 0 Å². The molecule has 50 valence electrons. The van der Waals surface area contributed by atoms with Crippen LogP contribution in [0.2, 0.25) is 0 Å². The Kier molecular flexibility index (Phi) is 0.992. The average Bonchev–Trinajstić information content (AvgIpc) is 2.07. The maximum atomic E-state index is 2.38. The van der Waals surface area contributed by atoms with Crippen LogP contribution < -0.4 is 0 Å². The first-order valence-corrected chi connectivity index (χ1v) is 3.97. The second-order valence-corrected chi connectivity index (χ2v) is 3.63. The van der Waals surface area contributed by atoms with E-state index in [0.29, 0.717) is 0 Å². The zero-order valence-electron chi connectivity index (χ0n) is 6.28. The lowest BCUT2D eigenvalue weighted by Crippen LogP contribution is -2.23. The molecule has 0 aromatic rings. The fourth-order valence-corrected chi connectivity index (χ4v) is 2.31. The van der Waals surface area contributed by atoms with E-state index in [9.17, 15) is 0 Å². The second kappa shape index (κ2) is 1.62. The van der Waals surface area contributed by atoms with Gasteiger partial charge in [-0.1, -0.05) is 18.1 Å². The van der Waals surface area contributed by atoms with Crippen molar-refractivity contribution in [2.24, 2.45) is 11.8 Å². The summed E-state index contributed by atoms with van der Waals surface area (Å²) < 4.78 is 0. The molecule has 2 rings (SSSR count). The SMILES string of the molecule is CC1=C2CC(C)C2CC1. The predicted octanol–water partition coefficient (Wildman–Crippen LogP) is 2.75. The van der Waals surface area contributed by atoms with Crippen molar-refractivity contribution in [1.82, 2.24) is 0 Å². The van der Waals surface area contributed by atoms with Crippen molar-refractivity contribution in [1.29, 1.82) is 0 Å². The van der Waals surface area contributed by atoms with Crippen LogP contribution in [-0.2, 0) is 0 Å². The summed E-state index contributed by atoms with van der Waals surface area (Å²) in [5.41, 5.74) is 3.51. The maximum absolute atomic E-state index is 2.38. The Labute approximate surface area is 57.0 Å². The Balaban J connectivity index is 2.21. The number of hydrogen-bond donors (Lipinski definition) is 0. The van der Waals surface area contributed by atoms with E-state index < -0.39 is 0 Å². The van der Waals surface area contributed by atoms with Crippen molar-refractivity contribution in [2.45, 2.75) is 33.1 Å². The molecule has 0 saturated heterocycles. The molecule has 0 spiro atoms. The van der Waals surface area contributed by atoms with E-state index in [1.165, 1.54) is 19.3 Å². The van der Waals surface area contributed by atoms with Gasteiger partial charge in [0.05, 0.1) is 0 Å². The van der Waals surface area contributed by atoms with E-state index in [4.69, 9.17) is 0 Å². The number of rotatable bonds is 0. The van der Waals surface area contributed by atoms with Crippen molar-refractivity contribution in [3.05, 3.63) is 11.1 Å². The van der Waals surface area contributed by atoms with Gasteiger partial charge in [-0.2, -0.15) is 0 Å². The van der Waals surface area contributed by atoms with Crippen molar-refractivity contribution >= 4 is 0 Å². The van der Waals surface area contributed by atoms with Gasteiger partial charge >= 0.3 is 0 Å². The molecule has 0 nitrogen and oxygen atoms in total. The summed E-state index contributed by atoms with van der Waals surface area (Å²) in [5.74, 6) is 2.03. The van der Waals surface area contributed by atoms with Gasteiger partial charge in [0.2, 0.25) is 0 Å². The molecule has 0 bridgehead atoms. The Hall–Kier alpha value is -0.260. The maximum Gasteiger partial charge on any atom is -0.0169 e. The summed E-state index contributed by atoms with van der Waals surface area (Å²) >= 11 is 0. The highest BCUT2D eigenvalue weighted by Crippen LogP contribution is 2.49. The van der Waals surface area contributed by atoms with E-state index >= 15 is 0 Å². The predicted molar refractivity (Wildman–Crippen MR) is 39.2 cm³/mol. The van der Waals surface area contributed by atoms with Gasteiger partial charge in [-0.05, 0) is 38.0 Å². The third-order valence-electron chi connectivity index (χ3n) is 3.05. The van der Waals surface area contributed by atoms with E-state index in [0.717, 1.165) is 11.8 Å². The summed E-state index contributed by atoms with van der Waals surface area (Å²) in [6.07, 6.45) is 4.27. The van der Waals surface area contributed by atoms with Gasteiger partial charge in [0.25, 0.3) is 0 Å². The van der Waals surface area contributed by atoms with Gasteiger partial charge in [0, 0.05) is 0 Å². The summed E-state index contributed by atoms with van der Waals surface area (Å²) in [4.78, 5) is 0.